The number of amides is 2. The Hall–Kier alpha value is -2.25. The Morgan fingerprint density at radius 3 is 2.24 bits per heavy atom. The zero-order chi connectivity index (χ0) is 18.9. The van der Waals surface area contributed by atoms with E-state index in [0.717, 1.165) is 5.56 Å². The van der Waals surface area contributed by atoms with Gasteiger partial charge in [-0.2, -0.15) is 13.2 Å². The molecule has 2 atom stereocenters. The number of urea groups is 1. The highest BCUT2D eigenvalue weighted by atomic mass is 19.4. The first-order chi connectivity index (χ1) is 11.7. The van der Waals surface area contributed by atoms with Crippen molar-refractivity contribution >= 4 is 12.0 Å². The van der Waals surface area contributed by atoms with Crippen molar-refractivity contribution in [1.82, 2.24) is 10.6 Å². The first kappa shape index (κ1) is 20.8. The van der Waals surface area contributed by atoms with Gasteiger partial charge in [0.05, 0.1) is 6.42 Å². The van der Waals surface area contributed by atoms with E-state index >= 15 is 0 Å². The molecule has 0 aliphatic rings. The van der Waals surface area contributed by atoms with E-state index in [1.807, 2.05) is 30.3 Å². The molecular weight excluding hydrogens is 337 g/mol. The number of hydrogen-bond acceptors (Lipinski definition) is 2. The third kappa shape index (κ3) is 9.59. The lowest BCUT2D eigenvalue weighted by Gasteiger charge is -2.23. The number of carbonyl (C=O) groups is 2. The zero-order valence-corrected chi connectivity index (χ0v) is 14.0. The second-order valence-electron chi connectivity index (χ2n) is 5.86. The molecule has 5 nitrogen and oxygen atoms in total. The summed E-state index contributed by atoms with van der Waals surface area (Å²) in [5.41, 5.74) is 0.903. The van der Waals surface area contributed by atoms with Gasteiger partial charge in [-0.25, -0.2) is 4.79 Å². The van der Waals surface area contributed by atoms with E-state index in [0.29, 0.717) is 6.42 Å². The summed E-state index contributed by atoms with van der Waals surface area (Å²) in [5, 5.41) is 13.7. The Balaban J connectivity index is 2.65. The molecule has 140 valence electrons. The number of aliphatic carboxylic acids is 1. The molecule has 0 aliphatic heterocycles. The van der Waals surface area contributed by atoms with Crippen LogP contribution < -0.4 is 10.6 Å². The fraction of sp³-hybridized carbons (Fsp3) is 0.529. The van der Waals surface area contributed by atoms with Crippen LogP contribution in [0.1, 0.15) is 38.2 Å². The summed E-state index contributed by atoms with van der Waals surface area (Å²) in [6.07, 6.45) is -4.87. The Morgan fingerprint density at radius 1 is 1.12 bits per heavy atom. The summed E-state index contributed by atoms with van der Waals surface area (Å²) in [4.78, 5) is 22.8. The second kappa shape index (κ2) is 9.90. The van der Waals surface area contributed by atoms with Crippen LogP contribution in [0.25, 0.3) is 0 Å². The van der Waals surface area contributed by atoms with Crippen molar-refractivity contribution in [1.29, 1.82) is 0 Å². The number of carbonyl (C=O) groups excluding carboxylic acids is 1. The summed E-state index contributed by atoms with van der Waals surface area (Å²) >= 11 is 0. The highest BCUT2D eigenvalue weighted by Gasteiger charge is 2.32. The number of rotatable bonds is 9. The molecule has 1 aromatic rings. The second-order valence-corrected chi connectivity index (χ2v) is 5.86. The fourth-order valence-corrected chi connectivity index (χ4v) is 2.41. The number of nitrogens with one attached hydrogen (secondary N) is 2. The van der Waals surface area contributed by atoms with E-state index in [1.165, 1.54) is 0 Å². The van der Waals surface area contributed by atoms with Crippen LogP contribution in [0.4, 0.5) is 18.0 Å². The molecule has 0 fully saturated rings. The van der Waals surface area contributed by atoms with Crippen LogP contribution in [0.3, 0.4) is 0 Å². The van der Waals surface area contributed by atoms with Gasteiger partial charge in [0.1, 0.15) is 0 Å². The Kier molecular flexibility index (Phi) is 8.24. The number of hydrogen-bond donors (Lipinski definition) is 3. The number of alkyl halides is 3. The largest absolute Gasteiger partial charge is 0.481 e. The summed E-state index contributed by atoms with van der Waals surface area (Å²) in [6.45, 7) is 1.56. The maximum absolute atomic E-state index is 12.5. The molecule has 0 aliphatic carbocycles. The number of carboxylic acids is 1. The van der Waals surface area contributed by atoms with Crippen molar-refractivity contribution in [3.63, 3.8) is 0 Å². The Morgan fingerprint density at radius 2 is 1.72 bits per heavy atom. The Labute approximate surface area is 144 Å². The van der Waals surface area contributed by atoms with Crippen LogP contribution in [0.15, 0.2) is 30.3 Å². The van der Waals surface area contributed by atoms with E-state index in [4.69, 9.17) is 5.11 Å². The van der Waals surface area contributed by atoms with Gasteiger partial charge in [0.2, 0.25) is 0 Å². The van der Waals surface area contributed by atoms with Gasteiger partial charge in [-0.05, 0) is 24.8 Å². The van der Waals surface area contributed by atoms with Crippen LogP contribution in [0.5, 0.6) is 0 Å². The van der Waals surface area contributed by atoms with E-state index in [9.17, 15) is 22.8 Å². The number of benzene rings is 1. The predicted octanol–water partition coefficient (Wildman–Crippen LogP) is 3.49. The first-order valence-electron chi connectivity index (χ1n) is 8.09. The molecular formula is C17H23F3N2O3. The van der Waals surface area contributed by atoms with Gasteiger partial charge in [-0.1, -0.05) is 37.3 Å². The number of carboxylic acid groups (broad SMARTS) is 1. The van der Waals surface area contributed by atoms with Crippen molar-refractivity contribution in [3.05, 3.63) is 35.9 Å². The maximum Gasteiger partial charge on any atom is 0.391 e. The number of halogens is 3. The van der Waals surface area contributed by atoms with Gasteiger partial charge < -0.3 is 15.7 Å². The molecule has 2 amide bonds. The molecule has 0 radical (unpaired) electrons. The van der Waals surface area contributed by atoms with Crippen molar-refractivity contribution in [2.75, 3.05) is 0 Å². The van der Waals surface area contributed by atoms with Gasteiger partial charge in [0.15, 0.2) is 0 Å². The standard InChI is InChI=1S/C17H23F3N2O3/c1-2-13(11-17(18,19)20)21-16(25)22-14(8-9-15(23)24)10-12-6-4-3-5-7-12/h3-7,13-14H,2,8-11H2,1H3,(H,23,24)(H2,21,22,25). The third-order valence-corrected chi connectivity index (χ3v) is 3.67. The third-order valence-electron chi connectivity index (χ3n) is 3.67. The van der Waals surface area contributed by atoms with E-state index in [2.05, 4.69) is 10.6 Å². The van der Waals surface area contributed by atoms with Gasteiger partial charge in [-0.15, -0.1) is 0 Å². The van der Waals surface area contributed by atoms with Crippen LogP contribution >= 0.6 is 0 Å². The van der Waals surface area contributed by atoms with Gasteiger partial charge in [0, 0.05) is 18.5 Å². The minimum atomic E-state index is -4.36. The van der Waals surface area contributed by atoms with Gasteiger partial charge in [-0.3, -0.25) is 4.79 Å². The van der Waals surface area contributed by atoms with E-state index < -0.39 is 36.7 Å². The lowest BCUT2D eigenvalue weighted by molar-refractivity contribution is -0.139. The van der Waals surface area contributed by atoms with Crippen LogP contribution in [-0.2, 0) is 11.2 Å². The normalized spacial score (nSPS) is 13.8. The predicted molar refractivity (Wildman–Crippen MR) is 87.2 cm³/mol. The molecule has 0 spiro atoms. The SMILES string of the molecule is CCC(CC(F)(F)F)NC(=O)NC(CCC(=O)O)Cc1ccccc1. The van der Waals surface area contributed by atoms with Crippen LogP contribution in [-0.4, -0.2) is 35.4 Å². The van der Waals surface area contributed by atoms with Gasteiger partial charge in [0.25, 0.3) is 0 Å². The molecule has 0 saturated carbocycles. The average Bonchev–Trinajstić information content (AvgIpc) is 2.51. The van der Waals surface area contributed by atoms with Crippen LogP contribution in [0, 0.1) is 0 Å². The lowest BCUT2D eigenvalue weighted by atomic mass is 10.0. The molecule has 25 heavy (non-hydrogen) atoms. The molecule has 2 unspecified atom stereocenters. The van der Waals surface area contributed by atoms with Crippen molar-refractivity contribution in [3.8, 4) is 0 Å². The van der Waals surface area contributed by atoms with Crippen molar-refractivity contribution < 1.29 is 27.9 Å². The first-order valence-corrected chi connectivity index (χ1v) is 8.09. The summed E-state index contributed by atoms with van der Waals surface area (Å²) < 4.78 is 37.4. The minimum Gasteiger partial charge on any atom is -0.481 e. The fourth-order valence-electron chi connectivity index (χ4n) is 2.41. The molecule has 0 bridgehead atoms. The quantitative estimate of drug-likeness (QED) is 0.631. The highest BCUT2D eigenvalue weighted by Crippen LogP contribution is 2.22. The smallest absolute Gasteiger partial charge is 0.391 e. The van der Waals surface area contributed by atoms with E-state index in [1.54, 1.807) is 6.92 Å². The Bertz CT molecular complexity index is 550. The average molecular weight is 360 g/mol. The molecule has 0 heterocycles. The molecule has 1 rings (SSSR count). The topological polar surface area (TPSA) is 78.4 Å². The monoisotopic (exact) mass is 360 g/mol. The zero-order valence-electron chi connectivity index (χ0n) is 14.0. The molecule has 0 aromatic heterocycles. The molecule has 3 N–H and O–H groups in total. The highest BCUT2D eigenvalue weighted by molar-refractivity contribution is 5.74. The van der Waals surface area contributed by atoms with E-state index in [-0.39, 0.29) is 19.3 Å². The molecule has 8 heteroatoms. The maximum atomic E-state index is 12.5. The van der Waals surface area contributed by atoms with Gasteiger partial charge >= 0.3 is 18.2 Å². The lowest BCUT2D eigenvalue weighted by Crippen LogP contribution is -2.48. The van der Waals surface area contributed by atoms with Crippen molar-refractivity contribution in [2.24, 2.45) is 0 Å². The van der Waals surface area contributed by atoms with Crippen LogP contribution in [0.2, 0.25) is 0 Å². The summed E-state index contributed by atoms with van der Waals surface area (Å²) in [6, 6.07) is 6.93. The molecule has 1 aromatic carbocycles. The van der Waals surface area contributed by atoms with Crippen molar-refractivity contribution in [2.45, 2.75) is 57.3 Å². The molecule has 0 saturated heterocycles. The minimum absolute atomic E-state index is 0.141. The summed E-state index contributed by atoms with van der Waals surface area (Å²) in [7, 11) is 0. The summed E-state index contributed by atoms with van der Waals surface area (Å²) in [5.74, 6) is -0.997.